The highest BCUT2D eigenvalue weighted by molar-refractivity contribution is 5.42. The number of methoxy groups -OCH3 is 2. The van der Waals surface area contributed by atoms with Crippen LogP contribution in [-0.4, -0.2) is 50.3 Å². The molecule has 2 rings (SSSR count). The van der Waals surface area contributed by atoms with Crippen LogP contribution < -0.4 is 14.8 Å². The van der Waals surface area contributed by atoms with Gasteiger partial charge in [-0.15, -0.1) is 0 Å². The lowest BCUT2D eigenvalue weighted by Gasteiger charge is -2.29. The molecule has 0 spiro atoms. The van der Waals surface area contributed by atoms with Crippen molar-refractivity contribution < 1.29 is 9.47 Å². The molecule has 1 N–H and O–H groups in total. The molecule has 0 unspecified atom stereocenters. The summed E-state index contributed by atoms with van der Waals surface area (Å²) in [5.41, 5.74) is 0.903. The summed E-state index contributed by atoms with van der Waals surface area (Å²) in [5.74, 6) is 1.46. The maximum Gasteiger partial charge on any atom is 0.183 e. The quantitative estimate of drug-likeness (QED) is 0.869. The fourth-order valence-corrected chi connectivity index (χ4v) is 2.43. The molecule has 1 aliphatic rings. The lowest BCUT2D eigenvalue weighted by molar-refractivity contribution is 0.233. The first-order valence-electron chi connectivity index (χ1n) is 6.72. The molecular weight excluding hydrogens is 242 g/mol. The predicted octanol–water partition coefficient (Wildman–Crippen LogP) is 1.28. The van der Waals surface area contributed by atoms with Gasteiger partial charge in [-0.2, -0.15) is 0 Å². The van der Waals surface area contributed by atoms with Crippen molar-refractivity contribution in [3.8, 4) is 11.5 Å². The van der Waals surface area contributed by atoms with Crippen molar-refractivity contribution in [3.05, 3.63) is 18.0 Å². The maximum absolute atomic E-state index is 5.39. The zero-order valence-electron chi connectivity index (χ0n) is 12.0. The van der Waals surface area contributed by atoms with Crippen molar-refractivity contribution in [3.63, 3.8) is 0 Å². The standard InChI is InChI=1S/C14H23N3O2/c1-17-8-5-11(6-9-17)16-10-12-14(19-3)13(18-2)4-7-15-12/h4,7,11,16H,5-6,8-10H2,1-3H3. The molecule has 0 bridgehead atoms. The fraction of sp³-hybridized carbons (Fsp3) is 0.643. The molecule has 0 saturated carbocycles. The Morgan fingerprint density at radius 3 is 2.68 bits per heavy atom. The van der Waals surface area contributed by atoms with E-state index in [0.29, 0.717) is 6.04 Å². The number of rotatable bonds is 5. The third kappa shape index (κ3) is 3.58. The van der Waals surface area contributed by atoms with E-state index in [-0.39, 0.29) is 0 Å². The molecule has 0 radical (unpaired) electrons. The van der Waals surface area contributed by atoms with E-state index in [0.717, 1.165) is 36.8 Å². The average molecular weight is 265 g/mol. The number of hydrogen-bond acceptors (Lipinski definition) is 5. The molecule has 0 amide bonds. The topological polar surface area (TPSA) is 46.6 Å². The van der Waals surface area contributed by atoms with Gasteiger partial charge in [0.1, 0.15) is 0 Å². The molecule has 0 aliphatic carbocycles. The molecule has 19 heavy (non-hydrogen) atoms. The number of nitrogens with one attached hydrogen (secondary N) is 1. The first-order chi connectivity index (χ1) is 9.24. The second-order valence-corrected chi connectivity index (χ2v) is 4.95. The van der Waals surface area contributed by atoms with Crippen LogP contribution in [0.15, 0.2) is 12.3 Å². The summed E-state index contributed by atoms with van der Waals surface area (Å²) in [7, 11) is 5.47. The normalized spacial score (nSPS) is 17.4. The van der Waals surface area contributed by atoms with Gasteiger partial charge in [0.15, 0.2) is 11.5 Å². The summed E-state index contributed by atoms with van der Waals surface area (Å²) in [6, 6.07) is 2.38. The highest BCUT2D eigenvalue weighted by Crippen LogP contribution is 2.28. The monoisotopic (exact) mass is 265 g/mol. The highest BCUT2D eigenvalue weighted by Gasteiger charge is 2.17. The van der Waals surface area contributed by atoms with E-state index in [1.165, 1.54) is 12.8 Å². The third-order valence-electron chi connectivity index (χ3n) is 3.64. The van der Waals surface area contributed by atoms with Crippen LogP contribution in [0.5, 0.6) is 11.5 Å². The van der Waals surface area contributed by atoms with E-state index in [1.807, 2.05) is 6.07 Å². The highest BCUT2D eigenvalue weighted by atomic mass is 16.5. The minimum absolute atomic E-state index is 0.564. The molecule has 1 aromatic heterocycles. The van der Waals surface area contributed by atoms with E-state index < -0.39 is 0 Å². The predicted molar refractivity (Wildman–Crippen MR) is 74.7 cm³/mol. The van der Waals surface area contributed by atoms with Gasteiger partial charge in [0, 0.05) is 24.8 Å². The molecule has 0 aromatic carbocycles. The van der Waals surface area contributed by atoms with Crippen LogP contribution in [0.3, 0.4) is 0 Å². The molecule has 5 nitrogen and oxygen atoms in total. The number of aromatic nitrogens is 1. The van der Waals surface area contributed by atoms with Gasteiger partial charge in [-0.25, -0.2) is 0 Å². The van der Waals surface area contributed by atoms with Crippen LogP contribution in [0, 0.1) is 0 Å². The molecule has 1 fully saturated rings. The van der Waals surface area contributed by atoms with Crippen LogP contribution in [0.4, 0.5) is 0 Å². The number of ether oxygens (including phenoxy) is 2. The number of hydrogen-bond donors (Lipinski definition) is 1. The lowest BCUT2D eigenvalue weighted by atomic mass is 10.1. The van der Waals surface area contributed by atoms with Crippen molar-refractivity contribution >= 4 is 0 Å². The SMILES string of the molecule is COc1ccnc(CNC2CCN(C)CC2)c1OC. The van der Waals surface area contributed by atoms with E-state index in [1.54, 1.807) is 20.4 Å². The molecule has 106 valence electrons. The van der Waals surface area contributed by atoms with Crippen LogP contribution in [0.2, 0.25) is 0 Å². The zero-order valence-corrected chi connectivity index (χ0v) is 12.0. The van der Waals surface area contributed by atoms with E-state index in [2.05, 4.69) is 22.2 Å². The van der Waals surface area contributed by atoms with Gasteiger partial charge in [-0.1, -0.05) is 0 Å². The lowest BCUT2D eigenvalue weighted by Crippen LogP contribution is -2.40. The van der Waals surface area contributed by atoms with Gasteiger partial charge in [0.05, 0.1) is 19.9 Å². The minimum Gasteiger partial charge on any atom is -0.493 e. The van der Waals surface area contributed by atoms with Crippen molar-refractivity contribution in [2.75, 3.05) is 34.4 Å². The van der Waals surface area contributed by atoms with Crippen LogP contribution >= 0.6 is 0 Å². The Kier molecular flexibility index (Phi) is 4.99. The van der Waals surface area contributed by atoms with Crippen LogP contribution in [-0.2, 0) is 6.54 Å². The van der Waals surface area contributed by atoms with Crippen molar-refractivity contribution in [1.29, 1.82) is 0 Å². The molecule has 1 saturated heterocycles. The Bertz CT molecular complexity index is 404. The Labute approximate surface area is 114 Å². The maximum atomic E-state index is 5.39. The van der Waals surface area contributed by atoms with E-state index in [9.17, 15) is 0 Å². The Hall–Kier alpha value is -1.33. The molecule has 2 heterocycles. The summed E-state index contributed by atoms with van der Waals surface area (Å²) < 4.78 is 10.7. The van der Waals surface area contributed by atoms with Crippen molar-refractivity contribution in [2.24, 2.45) is 0 Å². The summed E-state index contributed by atoms with van der Waals surface area (Å²) in [4.78, 5) is 6.74. The number of likely N-dealkylation sites (tertiary alicyclic amines) is 1. The molecule has 1 aliphatic heterocycles. The number of nitrogens with zero attached hydrogens (tertiary/aromatic N) is 2. The van der Waals surface area contributed by atoms with Gasteiger partial charge in [-0.05, 0) is 33.0 Å². The van der Waals surface area contributed by atoms with Gasteiger partial charge in [0.25, 0.3) is 0 Å². The Balaban J connectivity index is 1.95. The summed E-state index contributed by atoms with van der Waals surface area (Å²) in [6.07, 6.45) is 4.12. The van der Waals surface area contributed by atoms with E-state index in [4.69, 9.17) is 9.47 Å². The first-order valence-corrected chi connectivity index (χ1v) is 6.72. The van der Waals surface area contributed by atoms with Gasteiger partial charge in [-0.3, -0.25) is 4.98 Å². The number of pyridine rings is 1. The molecule has 5 heteroatoms. The van der Waals surface area contributed by atoms with Gasteiger partial charge >= 0.3 is 0 Å². The van der Waals surface area contributed by atoms with Gasteiger partial charge in [0.2, 0.25) is 0 Å². The smallest absolute Gasteiger partial charge is 0.183 e. The third-order valence-corrected chi connectivity index (χ3v) is 3.64. The van der Waals surface area contributed by atoms with Crippen LogP contribution in [0.1, 0.15) is 18.5 Å². The molecular formula is C14H23N3O2. The zero-order chi connectivity index (χ0) is 13.7. The van der Waals surface area contributed by atoms with Crippen molar-refractivity contribution in [1.82, 2.24) is 15.2 Å². The summed E-state index contributed by atoms with van der Waals surface area (Å²) in [5, 5.41) is 3.56. The summed E-state index contributed by atoms with van der Waals surface area (Å²) >= 11 is 0. The fourth-order valence-electron chi connectivity index (χ4n) is 2.43. The first kappa shape index (κ1) is 14.1. The van der Waals surface area contributed by atoms with Crippen molar-refractivity contribution in [2.45, 2.75) is 25.4 Å². The number of piperidine rings is 1. The second-order valence-electron chi connectivity index (χ2n) is 4.95. The summed E-state index contributed by atoms with van der Waals surface area (Å²) in [6.45, 7) is 3.02. The van der Waals surface area contributed by atoms with Crippen LogP contribution in [0.25, 0.3) is 0 Å². The minimum atomic E-state index is 0.564. The molecule has 1 aromatic rings. The van der Waals surface area contributed by atoms with Gasteiger partial charge < -0.3 is 19.7 Å². The molecule has 0 atom stereocenters. The largest absolute Gasteiger partial charge is 0.493 e. The van der Waals surface area contributed by atoms with E-state index >= 15 is 0 Å². The Morgan fingerprint density at radius 1 is 1.32 bits per heavy atom. The second kappa shape index (κ2) is 6.73. The average Bonchev–Trinajstić information content (AvgIpc) is 2.46. The Morgan fingerprint density at radius 2 is 2.05 bits per heavy atom.